The number of rotatable bonds is 5. The molecule has 0 aliphatic heterocycles. The molecule has 0 amide bonds. The quantitative estimate of drug-likeness (QED) is 0.699. The second kappa shape index (κ2) is 5.26. The van der Waals surface area contributed by atoms with Gasteiger partial charge in [-0.2, -0.15) is 0 Å². The maximum atomic E-state index is 4.59. The summed E-state index contributed by atoms with van der Waals surface area (Å²) in [4.78, 5) is 7.95. The molecule has 0 bridgehead atoms. The number of hydrogen-bond donors (Lipinski definition) is 1. The van der Waals surface area contributed by atoms with Gasteiger partial charge >= 0.3 is 0 Å². The van der Waals surface area contributed by atoms with Gasteiger partial charge in [0.2, 0.25) is 6.33 Å². The first kappa shape index (κ1) is 12.0. The number of benzene rings is 1. The molecule has 4 heteroatoms. The highest BCUT2D eigenvalue weighted by molar-refractivity contribution is 5.74. The molecule has 1 N–H and O–H groups in total. The number of aryl methyl sites for hydroxylation is 1. The van der Waals surface area contributed by atoms with E-state index in [9.17, 15) is 0 Å². The fourth-order valence-electron chi connectivity index (χ4n) is 2.26. The van der Waals surface area contributed by atoms with Gasteiger partial charge in [-0.25, -0.2) is 14.1 Å². The predicted octanol–water partition coefficient (Wildman–Crippen LogP) is 2.50. The largest absolute Gasteiger partial charge is 0.339 e. The summed E-state index contributed by atoms with van der Waals surface area (Å²) in [5, 5.41) is 0. The second-order valence-corrected chi connectivity index (χ2v) is 4.88. The van der Waals surface area contributed by atoms with Crippen molar-refractivity contribution >= 4 is 11.0 Å². The molecule has 0 aliphatic carbocycles. The summed E-state index contributed by atoms with van der Waals surface area (Å²) in [5.74, 6) is 0.999. The number of nitrogens with zero attached hydrogens (tertiary/aromatic N) is 3. The van der Waals surface area contributed by atoms with E-state index in [0.717, 1.165) is 29.9 Å². The van der Waals surface area contributed by atoms with Crippen LogP contribution in [0.25, 0.3) is 11.0 Å². The number of para-hydroxylation sites is 2. The number of fused-ring (bicyclic) bond motifs is 1. The Morgan fingerprint density at radius 3 is 3.05 bits per heavy atom. The van der Waals surface area contributed by atoms with Gasteiger partial charge in [0, 0.05) is 0 Å². The lowest BCUT2D eigenvalue weighted by molar-refractivity contribution is -0.688. The Bertz CT molecular complexity index is 632. The zero-order chi connectivity index (χ0) is 13.1. The molecule has 98 valence electrons. The molecule has 0 aliphatic rings. The number of aromatic nitrogens is 4. The van der Waals surface area contributed by atoms with E-state index in [1.807, 2.05) is 18.2 Å². The van der Waals surface area contributed by atoms with Crippen molar-refractivity contribution in [2.75, 3.05) is 0 Å². The number of imidazole rings is 2. The molecular formula is C15H19N4+. The van der Waals surface area contributed by atoms with E-state index in [-0.39, 0.29) is 0 Å². The highest BCUT2D eigenvalue weighted by Crippen LogP contribution is 2.09. The van der Waals surface area contributed by atoms with Crippen LogP contribution < -0.4 is 4.57 Å². The third kappa shape index (κ3) is 2.67. The van der Waals surface area contributed by atoms with E-state index in [4.69, 9.17) is 0 Å². The van der Waals surface area contributed by atoms with Crippen molar-refractivity contribution in [1.29, 1.82) is 0 Å². The van der Waals surface area contributed by atoms with Crippen molar-refractivity contribution in [1.82, 2.24) is 14.5 Å². The minimum atomic E-state index is 0.786. The highest BCUT2D eigenvalue weighted by Gasteiger charge is 2.07. The van der Waals surface area contributed by atoms with E-state index in [1.165, 1.54) is 12.8 Å². The average Bonchev–Trinajstić information content (AvgIpc) is 3.02. The molecule has 3 rings (SSSR count). The van der Waals surface area contributed by atoms with Gasteiger partial charge in [-0.15, -0.1) is 0 Å². The van der Waals surface area contributed by atoms with Gasteiger partial charge in [-0.1, -0.05) is 25.5 Å². The standard InChI is InChI=1S/C15H19N4/c1-2-3-8-18-9-10-19(12-18)11-15-16-13-6-4-5-7-14(13)17-15/h4-7,9-10,12H,2-3,8,11H2,1H3,(H,16,17)/q+1. The summed E-state index contributed by atoms with van der Waals surface area (Å²) in [5.41, 5.74) is 2.13. The Kier molecular flexibility index (Phi) is 3.31. The van der Waals surface area contributed by atoms with E-state index in [1.54, 1.807) is 0 Å². The van der Waals surface area contributed by atoms with Crippen LogP contribution in [0.1, 0.15) is 25.6 Å². The van der Waals surface area contributed by atoms with Crippen LogP contribution in [-0.2, 0) is 13.1 Å². The van der Waals surface area contributed by atoms with Gasteiger partial charge in [0.15, 0.2) is 0 Å². The molecule has 4 nitrogen and oxygen atoms in total. The van der Waals surface area contributed by atoms with Gasteiger partial charge in [0.25, 0.3) is 0 Å². The van der Waals surface area contributed by atoms with Crippen LogP contribution >= 0.6 is 0 Å². The fourth-order valence-corrected chi connectivity index (χ4v) is 2.26. The SMILES string of the molecule is CCCCn1cc[n+](Cc2nc3ccccc3[nH]2)c1. The minimum Gasteiger partial charge on any atom is -0.339 e. The molecule has 2 aromatic heterocycles. The van der Waals surface area contributed by atoms with Crippen molar-refractivity contribution in [3.8, 4) is 0 Å². The number of aromatic amines is 1. The Morgan fingerprint density at radius 1 is 1.32 bits per heavy atom. The Hall–Kier alpha value is -2.10. The lowest BCUT2D eigenvalue weighted by Gasteiger charge is -1.93. The van der Waals surface area contributed by atoms with E-state index in [2.05, 4.69) is 50.8 Å². The van der Waals surface area contributed by atoms with Crippen molar-refractivity contribution in [3.63, 3.8) is 0 Å². The molecular weight excluding hydrogens is 236 g/mol. The van der Waals surface area contributed by atoms with Crippen molar-refractivity contribution < 1.29 is 4.57 Å². The zero-order valence-electron chi connectivity index (χ0n) is 11.2. The molecule has 19 heavy (non-hydrogen) atoms. The van der Waals surface area contributed by atoms with Crippen LogP contribution in [0.15, 0.2) is 43.0 Å². The Labute approximate surface area is 112 Å². The molecule has 3 aromatic rings. The van der Waals surface area contributed by atoms with Crippen LogP contribution in [0.4, 0.5) is 0 Å². The lowest BCUT2D eigenvalue weighted by Crippen LogP contribution is -2.32. The van der Waals surface area contributed by atoms with Crippen LogP contribution in [-0.4, -0.2) is 14.5 Å². The summed E-state index contributed by atoms with van der Waals surface area (Å²) in [6.07, 6.45) is 8.81. The highest BCUT2D eigenvalue weighted by atomic mass is 15.1. The molecule has 0 saturated heterocycles. The molecule has 2 heterocycles. The van der Waals surface area contributed by atoms with Crippen molar-refractivity contribution in [2.45, 2.75) is 32.9 Å². The van der Waals surface area contributed by atoms with Crippen molar-refractivity contribution in [3.05, 3.63) is 48.8 Å². The van der Waals surface area contributed by atoms with Crippen molar-refractivity contribution in [2.24, 2.45) is 0 Å². The van der Waals surface area contributed by atoms with Gasteiger partial charge in [-0.05, 0) is 18.6 Å². The van der Waals surface area contributed by atoms with Crippen LogP contribution in [0.2, 0.25) is 0 Å². The first-order valence-electron chi connectivity index (χ1n) is 6.83. The molecule has 1 aromatic carbocycles. The van der Waals surface area contributed by atoms with Crippen LogP contribution in [0, 0.1) is 0 Å². The lowest BCUT2D eigenvalue weighted by atomic mass is 10.3. The van der Waals surface area contributed by atoms with E-state index >= 15 is 0 Å². The number of nitrogens with one attached hydrogen (secondary N) is 1. The van der Waals surface area contributed by atoms with E-state index < -0.39 is 0 Å². The van der Waals surface area contributed by atoms with Crippen LogP contribution in [0.5, 0.6) is 0 Å². The molecule has 0 spiro atoms. The third-order valence-electron chi connectivity index (χ3n) is 3.29. The third-order valence-corrected chi connectivity index (χ3v) is 3.29. The smallest absolute Gasteiger partial charge is 0.244 e. The Balaban J connectivity index is 1.75. The minimum absolute atomic E-state index is 0.786. The first-order chi connectivity index (χ1) is 9.35. The molecule has 0 atom stereocenters. The number of H-pyrrole nitrogens is 1. The Morgan fingerprint density at radius 2 is 2.21 bits per heavy atom. The fraction of sp³-hybridized carbons (Fsp3) is 0.333. The molecule has 0 saturated carbocycles. The topological polar surface area (TPSA) is 37.5 Å². The number of hydrogen-bond acceptors (Lipinski definition) is 1. The van der Waals surface area contributed by atoms with Gasteiger partial charge in [0.1, 0.15) is 24.8 Å². The predicted molar refractivity (Wildman–Crippen MR) is 74.7 cm³/mol. The van der Waals surface area contributed by atoms with Gasteiger partial charge in [-0.3, -0.25) is 0 Å². The summed E-state index contributed by atoms with van der Waals surface area (Å²) in [7, 11) is 0. The summed E-state index contributed by atoms with van der Waals surface area (Å²) >= 11 is 0. The number of unbranched alkanes of at least 4 members (excludes halogenated alkanes) is 1. The average molecular weight is 255 g/mol. The monoisotopic (exact) mass is 255 g/mol. The first-order valence-corrected chi connectivity index (χ1v) is 6.83. The summed E-state index contributed by atoms with van der Waals surface area (Å²) in [6.45, 7) is 4.09. The van der Waals surface area contributed by atoms with Gasteiger partial charge in [0.05, 0.1) is 17.6 Å². The maximum Gasteiger partial charge on any atom is 0.244 e. The van der Waals surface area contributed by atoms with E-state index in [0.29, 0.717) is 0 Å². The summed E-state index contributed by atoms with van der Waals surface area (Å²) < 4.78 is 4.39. The molecule has 0 fully saturated rings. The van der Waals surface area contributed by atoms with Crippen LogP contribution in [0.3, 0.4) is 0 Å². The normalized spacial score (nSPS) is 11.2. The maximum absolute atomic E-state index is 4.59. The second-order valence-electron chi connectivity index (χ2n) is 4.88. The molecule has 0 unspecified atom stereocenters. The zero-order valence-corrected chi connectivity index (χ0v) is 11.2. The van der Waals surface area contributed by atoms with Gasteiger partial charge < -0.3 is 4.98 Å². The molecule has 0 radical (unpaired) electrons. The summed E-state index contributed by atoms with van der Waals surface area (Å²) in [6, 6.07) is 8.13.